The monoisotopic (exact) mass is 406 g/mol. The Labute approximate surface area is 180 Å². The van der Waals surface area contributed by atoms with E-state index in [1.807, 2.05) is 44.2 Å². The van der Waals surface area contributed by atoms with Crippen LogP contribution in [0.5, 0.6) is 0 Å². The molecular formula is C26H34N2O2. The largest absolute Gasteiger partial charge is 0.375 e. The maximum atomic E-state index is 13.2. The van der Waals surface area contributed by atoms with Gasteiger partial charge in [0.1, 0.15) is 0 Å². The molecule has 0 unspecified atom stereocenters. The summed E-state index contributed by atoms with van der Waals surface area (Å²) < 4.78 is 0. The Morgan fingerprint density at radius 1 is 1.03 bits per heavy atom. The smallest absolute Gasteiger partial charge is 0.256 e. The van der Waals surface area contributed by atoms with E-state index in [-0.39, 0.29) is 11.8 Å². The molecule has 2 aliphatic rings. The van der Waals surface area contributed by atoms with E-state index < -0.39 is 5.60 Å². The van der Waals surface area contributed by atoms with Crippen molar-refractivity contribution in [3.05, 3.63) is 71.8 Å². The second-order valence-electron chi connectivity index (χ2n) is 9.03. The van der Waals surface area contributed by atoms with E-state index in [0.717, 1.165) is 32.5 Å². The molecule has 2 aromatic carbocycles. The van der Waals surface area contributed by atoms with Gasteiger partial charge in [-0.3, -0.25) is 9.69 Å². The van der Waals surface area contributed by atoms with E-state index in [1.54, 1.807) is 0 Å². The molecule has 1 aliphatic heterocycles. The number of amides is 1. The van der Waals surface area contributed by atoms with Crippen molar-refractivity contribution in [2.75, 3.05) is 19.6 Å². The van der Waals surface area contributed by atoms with Gasteiger partial charge in [-0.1, -0.05) is 74.5 Å². The molecule has 4 rings (SSSR count). The zero-order chi connectivity index (χ0) is 21.1. The standard InChI is InChI=1S/C26H34N2O2/c1-3-20(4-2)26(30,21-13-9-6-10-14-21)25(29)27-15-22-23-17-28(18-24(22)23)16-19-11-7-5-8-12-19/h5-14,20,22-24,30H,3-4,15-18H2,1-2H3,(H,27,29)/t22-,23-,24+,26-/m0/s1. The van der Waals surface area contributed by atoms with Crippen molar-refractivity contribution in [1.82, 2.24) is 10.2 Å². The molecule has 0 aromatic heterocycles. The van der Waals surface area contributed by atoms with Crippen molar-refractivity contribution in [3.63, 3.8) is 0 Å². The van der Waals surface area contributed by atoms with Crippen LogP contribution in [0.4, 0.5) is 0 Å². The lowest BCUT2D eigenvalue weighted by Gasteiger charge is -2.34. The first-order chi connectivity index (χ1) is 14.6. The Bertz CT molecular complexity index is 825. The SMILES string of the molecule is CCC(CC)[C@@](O)(C(=O)NC[C@@H]1[C@H]2CN(Cc3ccccc3)C[C@@H]12)c1ccccc1. The fourth-order valence-corrected chi connectivity index (χ4v) is 5.48. The van der Waals surface area contributed by atoms with Gasteiger partial charge in [-0.15, -0.1) is 0 Å². The van der Waals surface area contributed by atoms with Gasteiger partial charge in [-0.05, 0) is 41.7 Å². The third-order valence-corrected chi connectivity index (χ3v) is 7.33. The summed E-state index contributed by atoms with van der Waals surface area (Å²) in [5.74, 6) is 1.55. The number of piperidine rings is 1. The van der Waals surface area contributed by atoms with Crippen LogP contribution in [0.2, 0.25) is 0 Å². The zero-order valence-electron chi connectivity index (χ0n) is 18.1. The molecule has 2 N–H and O–H groups in total. The van der Waals surface area contributed by atoms with Gasteiger partial charge in [0, 0.05) is 32.1 Å². The molecule has 2 aromatic rings. The molecule has 0 radical (unpaired) electrons. The van der Waals surface area contributed by atoms with Crippen LogP contribution in [-0.2, 0) is 16.9 Å². The fourth-order valence-electron chi connectivity index (χ4n) is 5.48. The van der Waals surface area contributed by atoms with Crippen LogP contribution in [0.25, 0.3) is 0 Å². The quantitative estimate of drug-likeness (QED) is 0.666. The van der Waals surface area contributed by atoms with Crippen LogP contribution in [-0.4, -0.2) is 35.5 Å². The Kier molecular flexibility index (Phi) is 6.26. The first kappa shape index (κ1) is 21.1. The molecule has 4 nitrogen and oxygen atoms in total. The predicted molar refractivity (Wildman–Crippen MR) is 120 cm³/mol. The summed E-state index contributed by atoms with van der Waals surface area (Å²) in [5.41, 5.74) is 0.594. The summed E-state index contributed by atoms with van der Waals surface area (Å²) >= 11 is 0. The molecule has 160 valence electrons. The van der Waals surface area contributed by atoms with Gasteiger partial charge >= 0.3 is 0 Å². The third kappa shape index (κ3) is 4.03. The normalized spacial score (nSPS) is 25.0. The van der Waals surface area contributed by atoms with Crippen molar-refractivity contribution >= 4 is 5.91 Å². The van der Waals surface area contributed by atoms with Crippen molar-refractivity contribution in [3.8, 4) is 0 Å². The average molecular weight is 407 g/mol. The molecule has 2 fully saturated rings. The maximum absolute atomic E-state index is 13.2. The molecule has 1 aliphatic carbocycles. The number of nitrogens with one attached hydrogen (secondary N) is 1. The number of nitrogens with zero attached hydrogens (tertiary/aromatic N) is 1. The number of likely N-dealkylation sites (tertiary alicyclic amines) is 1. The van der Waals surface area contributed by atoms with Gasteiger partial charge < -0.3 is 10.4 Å². The van der Waals surface area contributed by atoms with E-state index in [0.29, 0.717) is 29.9 Å². The van der Waals surface area contributed by atoms with Crippen molar-refractivity contribution < 1.29 is 9.90 Å². The van der Waals surface area contributed by atoms with Gasteiger partial charge in [0.05, 0.1) is 0 Å². The highest BCUT2D eigenvalue weighted by molar-refractivity contribution is 5.86. The topological polar surface area (TPSA) is 52.6 Å². The maximum Gasteiger partial charge on any atom is 0.256 e. The summed E-state index contributed by atoms with van der Waals surface area (Å²) in [7, 11) is 0. The third-order valence-electron chi connectivity index (χ3n) is 7.33. The first-order valence-corrected chi connectivity index (χ1v) is 11.4. The number of fused-ring (bicyclic) bond motifs is 1. The number of hydrogen-bond acceptors (Lipinski definition) is 3. The van der Waals surface area contributed by atoms with E-state index in [1.165, 1.54) is 5.56 Å². The van der Waals surface area contributed by atoms with Crippen LogP contribution < -0.4 is 5.32 Å². The van der Waals surface area contributed by atoms with Crippen molar-refractivity contribution in [2.24, 2.45) is 23.7 Å². The molecule has 4 heteroatoms. The lowest BCUT2D eigenvalue weighted by atomic mass is 9.77. The van der Waals surface area contributed by atoms with Gasteiger partial charge in [0.25, 0.3) is 5.91 Å². The number of carbonyl (C=O) groups is 1. The fraction of sp³-hybridized carbons (Fsp3) is 0.500. The highest BCUT2D eigenvalue weighted by Gasteiger charge is 2.55. The lowest BCUT2D eigenvalue weighted by Crippen LogP contribution is -2.50. The van der Waals surface area contributed by atoms with Crippen molar-refractivity contribution in [2.45, 2.75) is 38.8 Å². The van der Waals surface area contributed by atoms with Gasteiger partial charge in [0.2, 0.25) is 0 Å². The molecule has 4 atom stereocenters. The lowest BCUT2D eigenvalue weighted by molar-refractivity contribution is -0.148. The number of hydrogen-bond donors (Lipinski definition) is 2. The molecule has 30 heavy (non-hydrogen) atoms. The van der Waals surface area contributed by atoms with Crippen LogP contribution in [0.15, 0.2) is 60.7 Å². The Balaban J connectivity index is 1.33. The minimum atomic E-state index is -1.46. The van der Waals surface area contributed by atoms with Crippen LogP contribution in [0, 0.1) is 23.7 Å². The highest BCUT2D eigenvalue weighted by Crippen LogP contribution is 2.51. The summed E-state index contributed by atoms with van der Waals surface area (Å²) in [5, 5.41) is 14.7. The summed E-state index contributed by atoms with van der Waals surface area (Å²) in [6.45, 7) is 7.98. The van der Waals surface area contributed by atoms with E-state index in [9.17, 15) is 9.90 Å². The Morgan fingerprint density at radius 2 is 1.60 bits per heavy atom. The molecule has 1 amide bonds. The number of carbonyl (C=O) groups excluding carboxylic acids is 1. The summed E-state index contributed by atoms with van der Waals surface area (Å²) in [4.78, 5) is 15.7. The van der Waals surface area contributed by atoms with Gasteiger partial charge in [-0.2, -0.15) is 0 Å². The van der Waals surface area contributed by atoms with Gasteiger partial charge in [-0.25, -0.2) is 0 Å². The molecule has 1 heterocycles. The van der Waals surface area contributed by atoms with E-state index in [2.05, 4.69) is 40.5 Å². The highest BCUT2D eigenvalue weighted by atomic mass is 16.3. The molecule has 1 saturated heterocycles. The molecule has 1 saturated carbocycles. The van der Waals surface area contributed by atoms with Crippen LogP contribution in [0.1, 0.15) is 37.8 Å². The number of benzene rings is 2. The van der Waals surface area contributed by atoms with E-state index in [4.69, 9.17) is 0 Å². The number of rotatable bonds is 9. The second-order valence-corrected chi connectivity index (χ2v) is 9.03. The summed E-state index contributed by atoms with van der Waals surface area (Å²) in [6.07, 6.45) is 1.52. The zero-order valence-corrected chi connectivity index (χ0v) is 18.1. The summed E-state index contributed by atoms with van der Waals surface area (Å²) in [6, 6.07) is 20.1. The minimum absolute atomic E-state index is 0.0973. The van der Waals surface area contributed by atoms with Crippen LogP contribution >= 0.6 is 0 Å². The molecule has 0 bridgehead atoms. The van der Waals surface area contributed by atoms with Crippen LogP contribution in [0.3, 0.4) is 0 Å². The first-order valence-electron chi connectivity index (χ1n) is 11.4. The Morgan fingerprint density at radius 3 is 2.17 bits per heavy atom. The van der Waals surface area contributed by atoms with E-state index >= 15 is 0 Å². The van der Waals surface area contributed by atoms with Gasteiger partial charge in [0.15, 0.2) is 5.60 Å². The molecular weight excluding hydrogens is 372 g/mol. The molecule has 0 spiro atoms. The predicted octanol–water partition coefficient (Wildman–Crippen LogP) is 3.80. The number of aliphatic hydroxyl groups is 1. The Hall–Kier alpha value is -2.17. The average Bonchev–Trinajstić information content (AvgIpc) is 3.24. The van der Waals surface area contributed by atoms with Crippen molar-refractivity contribution in [1.29, 1.82) is 0 Å². The minimum Gasteiger partial charge on any atom is -0.375 e. The second kappa shape index (κ2) is 8.91.